The first-order valence-corrected chi connectivity index (χ1v) is 17.2. The molecule has 2 N–H and O–H groups in total. The molecule has 0 radical (unpaired) electrons. The minimum atomic E-state index is -2.10. The fraction of sp³-hybridized carbons (Fsp3) is 1.00. The standard InChI is InChI=1S/C14H36O4Si3/c1-19(2,13-9-7-11-15)17-21(5,6)18-20(3,4)14-10-8-12-16/h15-16H,7-14H2,1-6H3. The van der Waals surface area contributed by atoms with Crippen molar-refractivity contribution in [2.45, 2.75) is 77.1 Å². The lowest BCUT2D eigenvalue weighted by molar-refractivity contribution is 0.285. The molecule has 0 saturated carbocycles. The second-order valence-electron chi connectivity index (χ2n) is 7.48. The van der Waals surface area contributed by atoms with Gasteiger partial charge < -0.3 is 18.4 Å². The summed E-state index contributed by atoms with van der Waals surface area (Å²) in [5.74, 6) is 0. The average Bonchev–Trinajstić information content (AvgIpc) is 2.25. The van der Waals surface area contributed by atoms with Crippen LogP contribution < -0.4 is 0 Å². The largest absolute Gasteiger partial charge is 0.437 e. The third-order valence-corrected chi connectivity index (χ3v) is 14.9. The topological polar surface area (TPSA) is 58.9 Å². The number of hydrogen-bond acceptors (Lipinski definition) is 4. The molecule has 128 valence electrons. The van der Waals surface area contributed by atoms with Crippen molar-refractivity contribution in [2.24, 2.45) is 0 Å². The third-order valence-electron chi connectivity index (χ3n) is 3.42. The Bertz CT molecular complexity index is 257. The molecule has 21 heavy (non-hydrogen) atoms. The zero-order valence-electron chi connectivity index (χ0n) is 14.9. The van der Waals surface area contributed by atoms with Crippen LogP contribution in [-0.2, 0) is 8.23 Å². The molecule has 0 bridgehead atoms. The van der Waals surface area contributed by atoms with E-state index < -0.39 is 25.2 Å². The van der Waals surface area contributed by atoms with E-state index in [-0.39, 0.29) is 13.2 Å². The van der Waals surface area contributed by atoms with Gasteiger partial charge in [0.25, 0.3) is 0 Å². The van der Waals surface area contributed by atoms with Gasteiger partial charge in [0.05, 0.1) is 0 Å². The van der Waals surface area contributed by atoms with Crippen molar-refractivity contribution in [1.82, 2.24) is 0 Å². The minimum Gasteiger partial charge on any atom is -0.437 e. The molecule has 0 aromatic rings. The van der Waals surface area contributed by atoms with E-state index in [4.69, 9.17) is 18.4 Å². The fourth-order valence-electron chi connectivity index (χ4n) is 2.78. The molecule has 0 rings (SSSR count). The SMILES string of the molecule is C[Si](C)(CCCCO)O[Si](C)(C)O[Si](C)(C)CCCCO. The van der Waals surface area contributed by atoms with Crippen molar-refractivity contribution in [3.63, 3.8) is 0 Å². The van der Waals surface area contributed by atoms with Crippen molar-refractivity contribution < 1.29 is 18.4 Å². The molecule has 0 aliphatic carbocycles. The van der Waals surface area contributed by atoms with Gasteiger partial charge in [-0.25, -0.2) is 0 Å². The van der Waals surface area contributed by atoms with Crippen molar-refractivity contribution in [3.05, 3.63) is 0 Å². The van der Waals surface area contributed by atoms with Crippen molar-refractivity contribution in [1.29, 1.82) is 0 Å². The molecule has 0 amide bonds. The molecular weight excluding hydrogens is 316 g/mol. The first-order chi connectivity index (χ1) is 9.54. The summed E-state index contributed by atoms with van der Waals surface area (Å²) in [5.41, 5.74) is 0. The molecule has 0 aliphatic rings. The van der Waals surface area contributed by atoms with Crippen molar-refractivity contribution in [2.75, 3.05) is 13.2 Å². The maximum atomic E-state index is 8.90. The van der Waals surface area contributed by atoms with Gasteiger partial charge in [0.15, 0.2) is 16.6 Å². The molecule has 0 unspecified atom stereocenters. The van der Waals surface area contributed by atoms with Gasteiger partial charge in [-0.2, -0.15) is 0 Å². The van der Waals surface area contributed by atoms with E-state index in [1.807, 2.05) is 0 Å². The molecule has 0 heterocycles. The molecule has 7 heteroatoms. The number of aliphatic hydroxyl groups is 2. The summed E-state index contributed by atoms with van der Waals surface area (Å²) in [7, 11) is -5.51. The van der Waals surface area contributed by atoms with Gasteiger partial charge in [-0.3, -0.25) is 0 Å². The maximum absolute atomic E-state index is 8.90. The highest BCUT2D eigenvalue weighted by molar-refractivity contribution is 6.87. The van der Waals surface area contributed by atoms with Gasteiger partial charge in [-0.1, -0.05) is 12.8 Å². The highest BCUT2D eigenvalue weighted by Crippen LogP contribution is 2.26. The zero-order chi connectivity index (χ0) is 16.6. The van der Waals surface area contributed by atoms with Crippen molar-refractivity contribution in [3.8, 4) is 0 Å². The molecule has 0 atom stereocenters. The molecular formula is C14H36O4Si3. The van der Waals surface area contributed by atoms with Crippen LogP contribution in [-0.4, -0.2) is 48.6 Å². The van der Waals surface area contributed by atoms with Gasteiger partial charge in [0.2, 0.25) is 0 Å². The van der Waals surface area contributed by atoms with Gasteiger partial charge in [0, 0.05) is 13.2 Å². The molecule has 4 nitrogen and oxygen atoms in total. The normalized spacial score (nSPS) is 13.7. The lowest BCUT2D eigenvalue weighted by Crippen LogP contribution is -2.52. The van der Waals surface area contributed by atoms with E-state index in [0.29, 0.717) is 0 Å². The second kappa shape index (κ2) is 9.59. The molecule has 0 aliphatic heterocycles. The predicted molar refractivity (Wildman–Crippen MR) is 96.9 cm³/mol. The van der Waals surface area contributed by atoms with Crippen LogP contribution in [0.4, 0.5) is 0 Å². The van der Waals surface area contributed by atoms with Crippen LogP contribution in [0.5, 0.6) is 0 Å². The maximum Gasteiger partial charge on any atom is 0.311 e. The first-order valence-electron chi connectivity index (χ1n) is 8.16. The Labute approximate surface area is 134 Å². The Morgan fingerprint density at radius 1 is 0.619 bits per heavy atom. The van der Waals surface area contributed by atoms with Gasteiger partial charge in [-0.15, -0.1) is 0 Å². The average molecular weight is 353 g/mol. The predicted octanol–water partition coefficient (Wildman–Crippen LogP) is 3.68. The highest BCUT2D eigenvalue weighted by Gasteiger charge is 2.39. The Morgan fingerprint density at radius 2 is 0.952 bits per heavy atom. The second-order valence-corrected chi connectivity index (χ2v) is 20.0. The summed E-state index contributed by atoms with van der Waals surface area (Å²) >= 11 is 0. The summed E-state index contributed by atoms with van der Waals surface area (Å²) in [6.07, 6.45) is 3.81. The van der Waals surface area contributed by atoms with Gasteiger partial charge in [-0.05, 0) is 64.2 Å². The Morgan fingerprint density at radius 3 is 1.24 bits per heavy atom. The van der Waals surface area contributed by atoms with Crippen LogP contribution >= 0.6 is 0 Å². The lowest BCUT2D eigenvalue weighted by Gasteiger charge is -2.38. The Kier molecular flexibility index (Phi) is 9.81. The molecule has 0 aromatic heterocycles. The summed E-state index contributed by atoms with van der Waals surface area (Å²) in [4.78, 5) is 0. The number of hydrogen-bond donors (Lipinski definition) is 2. The van der Waals surface area contributed by atoms with E-state index in [2.05, 4.69) is 39.3 Å². The first kappa shape index (κ1) is 21.5. The molecule has 0 aromatic carbocycles. The van der Waals surface area contributed by atoms with E-state index in [0.717, 1.165) is 37.8 Å². The van der Waals surface area contributed by atoms with Crippen LogP contribution in [0.1, 0.15) is 25.7 Å². The van der Waals surface area contributed by atoms with Crippen LogP contribution in [0.3, 0.4) is 0 Å². The number of rotatable bonds is 12. The van der Waals surface area contributed by atoms with E-state index in [1.54, 1.807) is 0 Å². The minimum absolute atomic E-state index is 0.270. The highest BCUT2D eigenvalue weighted by atomic mass is 28.5. The molecule has 0 spiro atoms. The van der Waals surface area contributed by atoms with Crippen LogP contribution in [0, 0.1) is 0 Å². The fourth-order valence-corrected chi connectivity index (χ4v) is 17.0. The summed E-state index contributed by atoms with van der Waals surface area (Å²) in [6.45, 7) is 13.9. The summed E-state index contributed by atoms with van der Waals surface area (Å²) < 4.78 is 12.9. The van der Waals surface area contributed by atoms with Crippen LogP contribution in [0.2, 0.25) is 51.4 Å². The Balaban J connectivity index is 4.38. The Hall–Kier alpha value is 0.491. The van der Waals surface area contributed by atoms with Gasteiger partial charge >= 0.3 is 8.56 Å². The molecule has 0 fully saturated rings. The number of aliphatic hydroxyl groups excluding tert-OH is 2. The molecule has 0 saturated heterocycles. The quantitative estimate of drug-likeness (QED) is 0.415. The van der Waals surface area contributed by atoms with E-state index in [9.17, 15) is 0 Å². The van der Waals surface area contributed by atoms with Crippen LogP contribution in [0.25, 0.3) is 0 Å². The number of unbranched alkanes of at least 4 members (excludes halogenated alkanes) is 2. The lowest BCUT2D eigenvalue weighted by atomic mass is 10.4. The van der Waals surface area contributed by atoms with Crippen molar-refractivity contribution >= 4 is 25.2 Å². The van der Waals surface area contributed by atoms with E-state index >= 15 is 0 Å². The monoisotopic (exact) mass is 352 g/mol. The van der Waals surface area contributed by atoms with Gasteiger partial charge in [0.1, 0.15) is 0 Å². The van der Waals surface area contributed by atoms with Crippen LogP contribution in [0.15, 0.2) is 0 Å². The third kappa shape index (κ3) is 11.7. The summed E-state index contributed by atoms with van der Waals surface area (Å²) in [5, 5.41) is 17.8. The smallest absolute Gasteiger partial charge is 0.311 e. The summed E-state index contributed by atoms with van der Waals surface area (Å²) in [6, 6.07) is 2.17. The zero-order valence-corrected chi connectivity index (χ0v) is 17.9. The van der Waals surface area contributed by atoms with E-state index in [1.165, 1.54) is 0 Å².